The zero-order valence-corrected chi connectivity index (χ0v) is 81.0. The number of amides is 4. The number of carbonyl (C=O) groups excluding carboxylic acids is 6. The maximum Gasteiger partial charge on any atom is 0.314 e. The SMILES string of the molecule is Cc1ccc(S(=O)(=O)O)cc1.F.NCc1ccccc1-c1ccccc1.O=C(CCc1ccccc1)N1CCC(C(=O)F)(c2ccccc2)CC1.O=C(CCc1ccccc1)N1CCC(C(=O)NCc2ccccc2-c2ccccc2)(c2ccccc2)CC1.O=C(CCc1ccccc1)N1CCC(C(=O)O)(c2ccccc2)CC1.O=C(Cl)CCc1ccccc1.O=C(O)C1(c2ccccc2)CCNCC1.[3H]F. The van der Waals surface area contributed by atoms with E-state index in [2.05, 4.69) is 72.7 Å². The molecule has 0 aliphatic carbocycles. The Morgan fingerprint density at radius 2 is 0.645 bits per heavy atom. The highest BCUT2D eigenvalue weighted by Crippen LogP contribution is 2.41. The Bertz CT molecular complexity index is 6010. The predicted molar refractivity (Wildman–Crippen MR) is 553 cm³/mol. The maximum absolute atomic E-state index is 13.9. The number of aryl methyl sites for hydroxylation is 5. The number of halogens is 4. The van der Waals surface area contributed by atoms with Gasteiger partial charge in [0.15, 0.2) is 0 Å². The fourth-order valence-electron chi connectivity index (χ4n) is 18.1. The number of hydrogen-bond acceptors (Lipinski definition) is 12. The first kappa shape index (κ1) is 109. The Morgan fingerprint density at radius 1 is 0.376 bits per heavy atom. The van der Waals surface area contributed by atoms with Gasteiger partial charge in [-0.2, -0.15) is 12.8 Å². The highest BCUT2D eigenvalue weighted by Gasteiger charge is 2.47. The molecular formula is C117H126ClF3N6O13S. The predicted octanol–water partition coefficient (Wildman–Crippen LogP) is 21.2. The summed E-state index contributed by atoms with van der Waals surface area (Å²) in [6, 6.07) is 120. The minimum Gasteiger partial charge on any atom is -0.481 e. The lowest BCUT2D eigenvalue weighted by Crippen LogP contribution is -2.52. The summed E-state index contributed by atoms with van der Waals surface area (Å²) in [4.78, 5) is 103. The molecule has 4 amide bonds. The Morgan fingerprint density at radius 3 is 0.965 bits per heavy atom. The normalized spacial score (nSPS) is 14.5. The van der Waals surface area contributed by atoms with Gasteiger partial charge in [-0.3, -0.25) is 52.3 Å². The van der Waals surface area contributed by atoms with E-state index in [9.17, 15) is 61.4 Å². The number of nitrogens with zero attached hydrogens (tertiary/aromatic N) is 3. The number of likely N-dealkylation sites (tertiary alicyclic amines) is 3. The van der Waals surface area contributed by atoms with Gasteiger partial charge < -0.3 is 41.3 Å². The van der Waals surface area contributed by atoms with Gasteiger partial charge in [-0.05, 0) is 199 Å². The number of benzene rings is 13. The lowest BCUT2D eigenvalue weighted by molar-refractivity contribution is -0.148. The third-order valence-corrected chi connectivity index (χ3v) is 27.4. The third kappa shape index (κ3) is 32.2. The lowest BCUT2D eigenvalue weighted by atomic mass is 9.72. The van der Waals surface area contributed by atoms with Crippen LogP contribution in [0.1, 0.15) is 138 Å². The third-order valence-electron chi connectivity index (χ3n) is 26.3. The molecule has 0 saturated carbocycles. The first-order valence-electron chi connectivity index (χ1n) is 47.8. The van der Waals surface area contributed by atoms with Crippen LogP contribution < -0.4 is 16.4 Å². The van der Waals surface area contributed by atoms with Crippen molar-refractivity contribution in [3.05, 3.63) is 437 Å². The van der Waals surface area contributed by atoms with E-state index in [0.29, 0.717) is 141 Å². The monoisotopic (exact) mass is 1950 g/mol. The second-order valence-corrected chi connectivity index (χ2v) is 36.9. The molecule has 0 atom stereocenters. The van der Waals surface area contributed by atoms with E-state index < -0.39 is 49.8 Å². The van der Waals surface area contributed by atoms with E-state index in [-0.39, 0.29) is 38.5 Å². The molecule has 4 heterocycles. The van der Waals surface area contributed by atoms with Gasteiger partial charge in [0.25, 0.3) is 11.6 Å². The largest absolute Gasteiger partial charge is 0.481 e. The Kier molecular flexibility index (Phi) is 43.5. The van der Waals surface area contributed by atoms with Gasteiger partial charge in [0.1, 0.15) is 0 Å². The molecule has 17 rings (SSSR count). The van der Waals surface area contributed by atoms with Crippen molar-refractivity contribution in [2.24, 2.45) is 5.73 Å². The number of piperidine rings is 4. The average Bonchev–Trinajstić information content (AvgIpc) is 0.767. The topological polar surface area (TPSA) is 291 Å². The van der Waals surface area contributed by atoms with E-state index in [1.165, 1.54) is 34.4 Å². The first-order valence-corrected chi connectivity index (χ1v) is 49.2. The molecule has 24 heteroatoms. The van der Waals surface area contributed by atoms with Crippen molar-refractivity contribution in [3.63, 3.8) is 0 Å². The highest BCUT2D eigenvalue weighted by atomic mass is 35.5. The zero-order chi connectivity index (χ0) is 101. The fourth-order valence-corrected chi connectivity index (χ4v) is 18.6. The van der Waals surface area contributed by atoms with Crippen LogP contribution in [0.15, 0.2) is 381 Å². The van der Waals surface area contributed by atoms with Crippen molar-refractivity contribution in [1.29, 1.82) is 1.45 Å². The molecule has 0 bridgehead atoms. The van der Waals surface area contributed by atoms with Crippen molar-refractivity contribution in [1.82, 2.24) is 25.3 Å². The van der Waals surface area contributed by atoms with Crippen molar-refractivity contribution in [2.75, 3.05) is 52.4 Å². The van der Waals surface area contributed by atoms with Gasteiger partial charge in [-0.15, -0.1) is 0 Å². The molecule has 4 fully saturated rings. The molecule has 736 valence electrons. The van der Waals surface area contributed by atoms with Crippen LogP contribution in [-0.4, -0.2) is 139 Å². The molecule has 0 aromatic heterocycles. The summed E-state index contributed by atoms with van der Waals surface area (Å²) in [6.45, 7) is 7.42. The van der Waals surface area contributed by atoms with E-state index in [1.54, 1.807) is 29.2 Å². The van der Waals surface area contributed by atoms with Crippen LogP contribution in [0.25, 0.3) is 22.3 Å². The molecule has 0 spiro atoms. The molecule has 0 radical (unpaired) electrons. The quantitative estimate of drug-likeness (QED) is 0.0217. The summed E-state index contributed by atoms with van der Waals surface area (Å²) < 4.78 is 56.4. The van der Waals surface area contributed by atoms with Gasteiger partial charge in [0, 0.05) is 78.0 Å². The van der Waals surface area contributed by atoms with Crippen LogP contribution in [0.3, 0.4) is 0 Å². The van der Waals surface area contributed by atoms with E-state index >= 15 is 0 Å². The number of carboxylic acid groups (broad SMARTS) is 2. The highest BCUT2D eigenvalue weighted by molar-refractivity contribution is 7.85. The van der Waals surface area contributed by atoms with Gasteiger partial charge in [-0.25, -0.2) is 0 Å². The molecule has 4 saturated heterocycles. The summed E-state index contributed by atoms with van der Waals surface area (Å²) >= 11 is 5.19. The van der Waals surface area contributed by atoms with E-state index in [1.807, 2.05) is 296 Å². The van der Waals surface area contributed by atoms with Gasteiger partial charge in [0.05, 0.1) is 26.6 Å². The van der Waals surface area contributed by atoms with Crippen LogP contribution in [-0.2, 0) is 109 Å². The maximum atomic E-state index is 13.9. The number of hydrogen-bond donors (Lipinski definition) is 6. The molecule has 13 aromatic carbocycles. The van der Waals surface area contributed by atoms with Crippen LogP contribution in [0.5, 0.6) is 0 Å². The first-order chi connectivity index (χ1) is 68.3. The van der Waals surface area contributed by atoms with Crippen molar-refractivity contribution < 1.29 is 75.4 Å². The molecule has 4 aliphatic heterocycles. The molecule has 13 aromatic rings. The van der Waals surface area contributed by atoms with Gasteiger partial charge in [0.2, 0.25) is 28.9 Å². The summed E-state index contributed by atoms with van der Waals surface area (Å²) in [5.74, 6) is -1.13. The number of carbonyl (C=O) groups is 8. The molecule has 7 N–H and O–H groups in total. The Hall–Kier alpha value is -14.1. The van der Waals surface area contributed by atoms with Crippen molar-refractivity contribution in [2.45, 2.75) is 149 Å². The van der Waals surface area contributed by atoms with Crippen LogP contribution in [0.2, 0.25) is 0 Å². The summed E-state index contributed by atoms with van der Waals surface area (Å²) in [6.07, 6.45) is 8.88. The Labute approximate surface area is 832 Å². The average molecular weight is 1950 g/mol. The number of nitrogens with one attached hydrogen (secondary N) is 2. The van der Waals surface area contributed by atoms with Crippen LogP contribution in [0, 0.1) is 6.92 Å². The minimum absolute atomic E-state index is 0. The summed E-state index contributed by atoms with van der Waals surface area (Å²) in [5.41, 5.74) is 18.4. The van der Waals surface area contributed by atoms with Crippen LogP contribution >= 0.6 is 11.6 Å². The second-order valence-electron chi connectivity index (χ2n) is 35.1. The van der Waals surface area contributed by atoms with Crippen molar-refractivity contribution in [3.8, 4) is 22.3 Å². The standard InChI is InChI=1S/C34H34N2O2.C21H22FNO2.C21H23NO3.C13H13N.C12H15NO2.C9H9ClO.C7H8O3S.2FH/c37-32(21-20-27-12-4-1-5-13-27)36-24-22-34(23-25-36,30-17-8-3-9-18-30)33(38)35-26-29-16-10-11-19-31(29)28-14-6-2-7-15-28;22-20(25)21(18-9-5-2-6-10-18)13-15-23(16-14-21)19(24)12-11-17-7-3-1-4-8-17;23-19(12-11-17-7-3-1-4-8-17)22-15-13-21(14-16-22,20(24)25)18-9-5-2-6-10-18;14-10-12-8-4-5-9-13(12)11-6-2-1-3-7-11;14-11(15)12(6-8-13-9-7-12)10-4-2-1-3-5-10;10-9(11)7-6-8-4-2-1-3-5-8;1-6-2-4-7(5-3-6)11(8,9)10;;/h1-19H,20-26H2,(H,35,38);1-10H,11-16H2;1-10H,11-16H2,(H,24,25);1-9H,10,14H2;1-5,13H,6-9H2,(H,14,15);1-5H,6-7H2;2-5H,1H3,(H,8,9,10);2*1H/i/hT. The summed E-state index contributed by atoms with van der Waals surface area (Å²) in [7, 11) is -4.02. The molecule has 0 unspecified atom stereocenters. The fraction of sp³-hybridized carbons (Fsp3) is 0.265. The van der Waals surface area contributed by atoms with E-state index in [4.69, 9.17) is 26.6 Å². The number of rotatable bonds is 26. The summed E-state index contributed by atoms with van der Waals surface area (Å²) in [5, 5.41) is 25.4. The minimum atomic E-state index is -4.02. The number of aliphatic carboxylic acids is 2. The molecule has 19 nitrogen and oxygen atoms in total. The molecule has 141 heavy (non-hydrogen) atoms. The molecule has 4 aliphatic rings. The Balaban J connectivity index is 0.000000193. The molecular weight excluding hydrogens is 1820 g/mol. The number of carboxylic acids is 2. The van der Waals surface area contributed by atoms with Crippen molar-refractivity contribution >= 4 is 68.6 Å². The lowest BCUT2D eigenvalue weighted by Gasteiger charge is -2.41. The van der Waals surface area contributed by atoms with Crippen LogP contribution in [0.4, 0.5) is 13.8 Å². The van der Waals surface area contributed by atoms with Gasteiger partial charge >= 0.3 is 18.0 Å². The second kappa shape index (κ2) is 56.2. The zero-order valence-electron chi connectivity index (χ0n) is 80.5. The van der Waals surface area contributed by atoms with Gasteiger partial charge in [-0.1, -0.05) is 370 Å². The smallest absolute Gasteiger partial charge is 0.314 e. The van der Waals surface area contributed by atoms with E-state index in [0.717, 1.165) is 88.0 Å². The number of nitrogens with two attached hydrogens (primary N) is 1.